The summed E-state index contributed by atoms with van der Waals surface area (Å²) in [4.78, 5) is 8.66. The molecule has 4 rings (SSSR count). The second kappa shape index (κ2) is 9.43. The van der Waals surface area contributed by atoms with Gasteiger partial charge in [-0.25, -0.2) is 9.67 Å². The van der Waals surface area contributed by atoms with Crippen molar-refractivity contribution in [2.45, 2.75) is 32.4 Å². The molecule has 30 heavy (non-hydrogen) atoms. The first-order valence-electron chi connectivity index (χ1n) is 10.4. The lowest BCUT2D eigenvalue weighted by Gasteiger charge is -2.19. The van der Waals surface area contributed by atoms with Gasteiger partial charge in [0.05, 0.1) is 18.3 Å². The van der Waals surface area contributed by atoms with Gasteiger partial charge in [-0.1, -0.05) is 12.1 Å². The van der Waals surface area contributed by atoms with E-state index in [0.717, 1.165) is 29.4 Å². The molecule has 0 bridgehead atoms. The van der Waals surface area contributed by atoms with Crippen molar-refractivity contribution in [1.82, 2.24) is 25.4 Å². The van der Waals surface area contributed by atoms with Crippen LogP contribution in [-0.4, -0.2) is 34.4 Å². The van der Waals surface area contributed by atoms with Gasteiger partial charge in [-0.05, 0) is 61.1 Å². The summed E-state index contributed by atoms with van der Waals surface area (Å²) in [6.07, 6.45) is 8.05. The van der Waals surface area contributed by atoms with Crippen LogP contribution in [0.1, 0.15) is 36.9 Å². The molecule has 1 saturated carbocycles. The van der Waals surface area contributed by atoms with E-state index in [1.54, 1.807) is 19.4 Å². The smallest absolute Gasteiger partial charge is 0.213 e. The molecule has 7 nitrogen and oxygen atoms in total. The molecule has 1 aliphatic carbocycles. The minimum atomic E-state index is 0.0848. The number of aromatic nitrogens is 3. The van der Waals surface area contributed by atoms with Crippen LogP contribution in [0.15, 0.2) is 66.0 Å². The number of nitrogens with zero attached hydrogens (tertiary/aromatic N) is 4. The number of aliphatic imine (C=N–C) groups is 1. The molecular formula is C23H28N6O. The second-order valence-corrected chi connectivity index (χ2v) is 7.59. The van der Waals surface area contributed by atoms with Gasteiger partial charge in [0, 0.05) is 38.2 Å². The Morgan fingerprint density at radius 3 is 2.90 bits per heavy atom. The van der Waals surface area contributed by atoms with Crippen molar-refractivity contribution in [2.75, 3.05) is 13.7 Å². The van der Waals surface area contributed by atoms with Gasteiger partial charge < -0.3 is 15.4 Å². The summed E-state index contributed by atoms with van der Waals surface area (Å²) in [7, 11) is 1.78. The van der Waals surface area contributed by atoms with E-state index in [-0.39, 0.29) is 6.04 Å². The highest BCUT2D eigenvalue weighted by molar-refractivity contribution is 5.80. The summed E-state index contributed by atoms with van der Waals surface area (Å²) in [5.41, 5.74) is 3.29. The molecule has 0 spiro atoms. The zero-order valence-corrected chi connectivity index (χ0v) is 17.5. The van der Waals surface area contributed by atoms with Crippen LogP contribution in [0, 0.1) is 5.92 Å². The average Bonchev–Trinajstić information content (AvgIpc) is 3.45. The number of guanidine groups is 1. The van der Waals surface area contributed by atoms with E-state index < -0.39 is 0 Å². The number of hydrogen-bond acceptors (Lipinski definition) is 4. The van der Waals surface area contributed by atoms with E-state index >= 15 is 0 Å². The highest BCUT2D eigenvalue weighted by Crippen LogP contribution is 2.29. The van der Waals surface area contributed by atoms with Crippen molar-refractivity contribution in [3.8, 4) is 11.6 Å². The standard InChI is InChI=1S/C23H28N6O/c1-17(20-5-3-6-21(14-20)29-12-4-10-27-29)28-23(24-2)26-15-19-9-11-25-22(13-19)30-16-18-7-8-18/h3-6,9-14,17-18H,7-8,15-16H2,1-2H3,(H2,24,26,28). The normalized spacial score (nSPS) is 14.9. The van der Waals surface area contributed by atoms with E-state index in [4.69, 9.17) is 4.74 Å². The van der Waals surface area contributed by atoms with Crippen molar-refractivity contribution in [3.05, 3.63) is 72.2 Å². The molecule has 156 valence electrons. The molecule has 1 unspecified atom stereocenters. The Kier molecular flexibility index (Phi) is 6.27. The lowest BCUT2D eigenvalue weighted by Crippen LogP contribution is -2.38. The van der Waals surface area contributed by atoms with Gasteiger partial charge >= 0.3 is 0 Å². The number of ether oxygens (including phenoxy) is 1. The summed E-state index contributed by atoms with van der Waals surface area (Å²) in [5.74, 6) is 2.14. The molecule has 0 amide bonds. The Morgan fingerprint density at radius 1 is 1.23 bits per heavy atom. The Hall–Kier alpha value is -3.35. The maximum Gasteiger partial charge on any atom is 0.213 e. The average molecular weight is 405 g/mol. The highest BCUT2D eigenvalue weighted by atomic mass is 16.5. The van der Waals surface area contributed by atoms with Crippen LogP contribution in [0.4, 0.5) is 0 Å². The lowest BCUT2D eigenvalue weighted by atomic mass is 10.1. The Bertz CT molecular complexity index is 981. The number of hydrogen-bond donors (Lipinski definition) is 2. The van der Waals surface area contributed by atoms with Gasteiger partial charge in [-0.2, -0.15) is 5.10 Å². The topological polar surface area (TPSA) is 76.4 Å². The van der Waals surface area contributed by atoms with Crippen molar-refractivity contribution < 1.29 is 4.74 Å². The van der Waals surface area contributed by atoms with Gasteiger partial charge in [0.15, 0.2) is 5.96 Å². The molecule has 0 aliphatic heterocycles. The zero-order chi connectivity index (χ0) is 20.8. The molecule has 1 atom stereocenters. The fourth-order valence-electron chi connectivity index (χ4n) is 3.15. The van der Waals surface area contributed by atoms with E-state index in [0.29, 0.717) is 18.3 Å². The third-order valence-electron chi connectivity index (χ3n) is 5.14. The van der Waals surface area contributed by atoms with Crippen LogP contribution in [0.2, 0.25) is 0 Å². The van der Waals surface area contributed by atoms with Crippen LogP contribution in [0.5, 0.6) is 5.88 Å². The predicted octanol–water partition coefficient (Wildman–Crippen LogP) is 3.48. The van der Waals surface area contributed by atoms with Gasteiger partial charge in [0.1, 0.15) is 0 Å². The Balaban J connectivity index is 1.33. The monoisotopic (exact) mass is 404 g/mol. The maximum absolute atomic E-state index is 5.78. The van der Waals surface area contributed by atoms with Crippen LogP contribution in [0.25, 0.3) is 5.69 Å². The van der Waals surface area contributed by atoms with Crippen molar-refractivity contribution in [2.24, 2.45) is 10.9 Å². The van der Waals surface area contributed by atoms with Gasteiger partial charge in [-0.15, -0.1) is 0 Å². The summed E-state index contributed by atoms with van der Waals surface area (Å²) in [6.45, 7) is 3.52. The molecule has 2 aromatic heterocycles. The quantitative estimate of drug-likeness (QED) is 0.444. The number of pyridine rings is 1. The van der Waals surface area contributed by atoms with Crippen molar-refractivity contribution in [3.63, 3.8) is 0 Å². The van der Waals surface area contributed by atoms with Gasteiger partial charge in [0.2, 0.25) is 5.88 Å². The Morgan fingerprint density at radius 2 is 2.13 bits per heavy atom. The second-order valence-electron chi connectivity index (χ2n) is 7.59. The molecule has 0 saturated heterocycles. The zero-order valence-electron chi connectivity index (χ0n) is 17.5. The van der Waals surface area contributed by atoms with E-state index in [1.807, 2.05) is 41.2 Å². The van der Waals surface area contributed by atoms with Crippen LogP contribution in [0.3, 0.4) is 0 Å². The molecule has 1 aliphatic rings. The van der Waals surface area contributed by atoms with Crippen LogP contribution >= 0.6 is 0 Å². The molecule has 1 fully saturated rings. The maximum atomic E-state index is 5.78. The molecule has 0 radical (unpaired) electrons. The predicted molar refractivity (Wildman–Crippen MR) is 118 cm³/mol. The van der Waals surface area contributed by atoms with Gasteiger partial charge in [0.25, 0.3) is 0 Å². The first-order valence-corrected chi connectivity index (χ1v) is 10.4. The molecule has 2 N–H and O–H groups in total. The van der Waals surface area contributed by atoms with E-state index in [9.17, 15) is 0 Å². The molecule has 7 heteroatoms. The van der Waals surface area contributed by atoms with Crippen LogP contribution in [-0.2, 0) is 6.54 Å². The van der Waals surface area contributed by atoms with E-state index in [2.05, 4.69) is 44.8 Å². The van der Waals surface area contributed by atoms with Gasteiger partial charge in [-0.3, -0.25) is 4.99 Å². The van der Waals surface area contributed by atoms with Crippen molar-refractivity contribution in [1.29, 1.82) is 0 Å². The first-order chi connectivity index (χ1) is 14.7. The van der Waals surface area contributed by atoms with Crippen molar-refractivity contribution >= 4 is 5.96 Å². The minimum Gasteiger partial charge on any atom is -0.477 e. The summed E-state index contributed by atoms with van der Waals surface area (Å²) in [5, 5.41) is 11.1. The summed E-state index contributed by atoms with van der Waals surface area (Å²) < 4.78 is 7.63. The third kappa shape index (κ3) is 5.37. The molecule has 3 aromatic rings. The summed E-state index contributed by atoms with van der Waals surface area (Å²) in [6, 6.07) is 14.3. The largest absolute Gasteiger partial charge is 0.477 e. The Labute approximate surface area is 177 Å². The number of rotatable bonds is 8. The first kappa shape index (κ1) is 19.9. The summed E-state index contributed by atoms with van der Waals surface area (Å²) >= 11 is 0. The third-order valence-corrected chi connectivity index (χ3v) is 5.14. The number of nitrogens with one attached hydrogen (secondary N) is 2. The number of benzene rings is 1. The molecular weight excluding hydrogens is 376 g/mol. The van der Waals surface area contributed by atoms with Crippen LogP contribution < -0.4 is 15.4 Å². The minimum absolute atomic E-state index is 0.0848. The molecule has 2 heterocycles. The fourth-order valence-corrected chi connectivity index (χ4v) is 3.15. The highest BCUT2D eigenvalue weighted by Gasteiger charge is 2.22. The SMILES string of the molecule is CN=C(NCc1ccnc(OCC2CC2)c1)NC(C)c1cccc(-n2cccn2)c1. The fraction of sp³-hybridized carbons (Fsp3) is 0.348. The molecule has 1 aromatic carbocycles. The van der Waals surface area contributed by atoms with E-state index in [1.165, 1.54) is 12.8 Å². The lowest BCUT2D eigenvalue weighted by molar-refractivity contribution is 0.288.